The van der Waals surface area contributed by atoms with Crippen LogP contribution in [0.1, 0.15) is 6.42 Å². The van der Waals surface area contributed by atoms with Gasteiger partial charge in [0.25, 0.3) is 0 Å². The number of sulfone groups is 1. The maximum atomic E-state index is 13.5. The van der Waals surface area contributed by atoms with Crippen molar-refractivity contribution in [3.63, 3.8) is 0 Å². The number of H-pyrrole nitrogens is 2. The molecule has 0 spiro atoms. The van der Waals surface area contributed by atoms with E-state index in [0.29, 0.717) is 29.6 Å². The van der Waals surface area contributed by atoms with Gasteiger partial charge in [0.1, 0.15) is 4.90 Å². The zero-order valence-corrected chi connectivity index (χ0v) is 20.3. The second-order valence-electron chi connectivity index (χ2n) is 8.59. The number of anilines is 1. The van der Waals surface area contributed by atoms with Crippen molar-refractivity contribution in [1.82, 2.24) is 35.9 Å². The number of benzene rings is 2. The fourth-order valence-electron chi connectivity index (χ4n) is 4.64. The van der Waals surface area contributed by atoms with Gasteiger partial charge in [-0.25, -0.2) is 27.0 Å². The van der Waals surface area contributed by atoms with E-state index in [4.69, 9.17) is 10.9 Å². The number of nitrogens with one attached hydrogen (secondary N) is 3. The van der Waals surface area contributed by atoms with Gasteiger partial charge in [-0.15, -0.1) is 10.2 Å². The van der Waals surface area contributed by atoms with Crippen LogP contribution in [0.5, 0.6) is 0 Å². The van der Waals surface area contributed by atoms with Crippen molar-refractivity contribution in [3.8, 4) is 22.5 Å². The van der Waals surface area contributed by atoms with Gasteiger partial charge in [-0.1, -0.05) is 18.2 Å². The molecule has 1 saturated heterocycles. The summed E-state index contributed by atoms with van der Waals surface area (Å²) in [6.07, 6.45) is 0.429. The van der Waals surface area contributed by atoms with E-state index in [2.05, 4.69) is 35.9 Å². The van der Waals surface area contributed by atoms with Crippen LogP contribution in [-0.4, -0.2) is 77.5 Å². The van der Waals surface area contributed by atoms with Gasteiger partial charge in [0.05, 0.1) is 33.9 Å². The fourth-order valence-corrected chi connectivity index (χ4v) is 7.92. The number of fused-ring (bicyclic) bond motifs is 1. The lowest BCUT2D eigenvalue weighted by Crippen LogP contribution is -2.25. The summed E-state index contributed by atoms with van der Waals surface area (Å²) in [5, 5.41) is 31.7. The summed E-state index contributed by atoms with van der Waals surface area (Å²) in [6, 6.07) is 7.60. The van der Waals surface area contributed by atoms with Gasteiger partial charge in [-0.2, -0.15) is 5.21 Å². The molecule has 190 valence electrons. The van der Waals surface area contributed by atoms with E-state index in [1.165, 1.54) is 12.1 Å². The molecule has 36 heavy (non-hydrogen) atoms. The Kier molecular flexibility index (Phi) is 6.00. The Morgan fingerprint density at radius 2 is 1.92 bits per heavy atom. The first-order valence-corrected chi connectivity index (χ1v) is 14.0. The highest BCUT2D eigenvalue weighted by molar-refractivity contribution is 7.93. The van der Waals surface area contributed by atoms with Crippen molar-refractivity contribution in [1.29, 1.82) is 0 Å². The van der Waals surface area contributed by atoms with Gasteiger partial charge in [-0.3, -0.25) is 0 Å². The van der Waals surface area contributed by atoms with Gasteiger partial charge in [0.15, 0.2) is 15.8 Å². The Morgan fingerprint density at radius 1 is 1.11 bits per heavy atom. The van der Waals surface area contributed by atoms with Crippen molar-refractivity contribution >= 4 is 36.8 Å². The van der Waals surface area contributed by atoms with Crippen LogP contribution in [0.4, 0.5) is 5.95 Å². The summed E-state index contributed by atoms with van der Waals surface area (Å²) in [7, 11) is -8.76. The van der Waals surface area contributed by atoms with Gasteiger partial charge >= 0.3 is 0 Å². The number of tetrazole rings is 1. The zero-order chi connectivity index (χ0) is 25.7. The lowest BCUT2D eigenvalue weighted by atomic mass is 9.98. The van der Waals surface area contributed by atoms with Crippen molar-refractivity contribution in [3.05, 3.63) is 30.3 Å². The summed E-state index contributed by atoms with van der Waals surface area (Å²) >= 11 is 0. The van der Waals surface area contributed by atoms with E-state index in [9.17, 15) is 21.9 Å². The van der Waals surface area contributed by atoms with Crippen molar-refractivity contribution in [2.24, 2.45) is 11.1 Å². The number of sulfonamides is 1. The lowest BCUT2D eigenvalue weighted by molar-refractivity contribution is 0.253. The number of aliphatic hydroxyl groups is 1. The van der Waals surface area contributed by atoms with E-state index in [1.54, 1.807) is 18.2 Å². The van der Waals surface area contributed by atoms with Crippen molar-refractivity contribution in [2.45, 2.75) is 22.3 Å². The molecular formula is C20H23N9O5S2. The van der Waals surface area contributed by atoms with Gasteiger partial charge in [-0.05, 0) is 41.8 Å². The molecule has 0 radical (unpaired) electrons. The van der Waals surface area contributed by atoms with E-state index in [0.717, 1.165) is 0 Å². The Balaban J connectivity index is 1.76. The standard InChI is InChI=1S/C20H23N9O5S2/c21-20-24-14-3-1-2-13(17(14)25-20)12-4-5-15(35(31,32)9-10-6-11(8-30)23-7-10)18(36(22,33)34)16(12)19-26-28-29-27-19/h1-5,10-11,23,30H,6-9H2,(H3,21,24,25)(H2,22,33,34)(H,26,27,28,29)/t10-,11-/m0/s1. The maximum Gasteiger partial charge on any atom is 0.240 e. The molecule has 3 heterocycles. The van der Waals surface area contributed by atoms with Crippen molar-refractivity contribution < 1.29 is 21.9 Å². The minimum Gasteiger partial charge on any atom is -0.395 e. The first kappa shape index (κ1) is 24.3. The fraction of sp³-hybridized carbons (Fsp3) is 0.300. The van der Waals surface area contributed by atoms with Crippen LogP contribution in [0.15, 0.2) is 40.1 Å². The highest BCUT2D eigenvalue weighted by Crippen LogP contribution is 2.41. The molecule has 0 aliphatic carbocycles. The Bertz CT molecular complexity index is 1650. The second kappa shape index (κ2) is 8.90. The second-order valence-corrected chi connectivity index (χ2v) is 12.1. The molecule has 0 amide bonds. The number of aromatic amines is 2. The number of para-hydroxylation sites is 1. The molecule has 14 nitrogen and oxygen atoms in total. The van der Waals surface area contributed by atoms with Crippen LogP contribution in [0.3, 0.4) is 0 Å². The predicted octanol–water partition coefficient (Wildman–Crippen LogP) is -0.616. The molecule has 0 unspecified atom stereocenters. The normalized spacial score (nSPS) is 18.7. The summed E-state index contributed by atoms with van der Waals surface area (Å²) in [6.45, 7) is 0.242. The highest BCUT2D eigenvalue weighted by Gasteiger charge is 2.35. The first-order chi connectivity index (χ1) is 17.1. The monoisotopic (exact) mass is 533 g/mol. The van der Waals surface area contributed by atoms with E-state index in [-0.39, 0.29) is 47.2 Å². The minimum absolute atomic E-state index is 0.126. The summed E-state index contributed by atoms with van der Waals surface area (Å²) in [5.41, 5.74) is 7.46. The topological polar surface area (TPSA) is 236 Å². The van der Waals surface area contributed by atoms with E-state index < -0.39 is 29.7 Å². The summed E-state index contributed by atoms with van der Waals surface area (Å²) in [4.78, 5) is 6.10. The van der Waals surface area contributed by atoms with Crippen LogP contribution in [0.25, 0.3) is 33.5 Å². The number of imidazole rings is 1. The molecule has 2 atom stereocenters. The Morgan fingerprint density at radius 3 is 2.58 bits per heavy atom. The Hall–Kier alpha value is -3.44. The van der Waals surface area contributed by atoms with Gasteiger partial charge < -0.3 is 21.1 Å². The number of primary sulfonamides is 1. The average Bonchev–Trinajstić information content (AvgIpc) is 3.57. The molecule has 8 N–H and O–H groups in total. The van der Waals surface area contributed by atoms with Crippen LogP contribution in [-0.2, 0) is 19.9 Å². The predicted molar refractivity (Wildman–Crippen MR) is 130 cm³/mol. The molecule has 1 aliphatic heterocycles. The zero-order valence-electron chi connectivity index (χ0n) is 18.7. The van der Waals surface area contributed by atoms with E-state index >= 15 is 0 Å². The van der Waals surface area contributed by atoms with E-state index in [1.807, 2.05) is 0 Å². The third-order valence-electron chi connectivity index (χ3n) is 6.12. The molecule has 2 aromatic carbocycles. The van der Waals surface area contributed by atoms with Crippen LogP contribution >= 0.6 is 0 Å². The van der Waals surface area contributed by atoms with Gasteiger partial charge in [0.2, 0.25) is 15.8 Å². The molecule has 1 fully saturated rings. The molecule has 0 saturated carbocycles. The number of nitrogens with two attached hydrogens (primary N) is 2. The number of nitrogens with zero attached hydrogens (tertiary/aromatic N) is 4. The van der Waals surface area contributed by atoms with Crippen LogP contribution in [0, 0.1) is 5.92 Å². The van der Waals surface area contributed by atoms with Crippen LogP contribution < -0.4 is 16.2 Å². The molecule has 2 aromatic heterocycles. The summed E-state index contributed by atoms with van der Waals surface area (Å²) < 4.78 is 52.9. The minimum atomic E-state index is -4.61. The molecule has 5 rings (SSSR count). The molecule has 16 heteroatoms. The molecule has 1 aliphatic rings. The first-order valence-electron chi connectivity index (χ1n) is 10.8. The number of aliphatic hydroxyl groups excluding tert-OH is 1. The lowest BCUT2D eigenvalue weighted by Gasteiger charge is -2.17. The van der Waals surface area contributed by atoms with Crippen molar-refractivity contribution in [2.75, 3.05) is 24.6 Å². The third kappa shape index (κ3) is 4.33. The summed E-state index contributed by atoms with van der Waals surface area (Å²) in [5.74, 6) is -0.671. The number of rotatable bonds is 7. The molecular weight excluding hydrogens is 510 g/mol. The maximum absolute atomic E-state index is 13.5. The molecule has 4 aromatic rings. The highest BCUT2D eigenvalue weighted by atomic mass is 32.2. The smallest absolute Gasteiger partial charge is 0.240 e. The Labute approximate surface area is 205 Å². The third-order valence-corrected chi connectivity index (χ3v) is 9.16. The van der Waals surface area contributed by atoms with Crippen LogP contribution in [0.2, 0.25) is 0 Å². The molecule has 0 bridgehead atoms. The average molecular weight is 534 g/mol. The number of hydrogen-bond donors (Lipinski definition) is 6. The largest absolute Gasteiger partial charge is 0.395 e. The SMILES string of the molecule is Nc1nc2c(-c3ccc(S(=O)(=O)C[C@@H]4CN[C@H](CO)C4)c(S(N)(=O)=O)c3-c3nn[nH]n3)cccc2[nH]1. The van der Waals surface area contributed by atoms with Gasteiger partial charge in [0, 0.05) is 11.6 Å². The number of nitrogen functional groups attached to an aromatic ring is 1. The number of hydrogen-bond acceptors (Lipinski definition) is 11. The number of aromatic nitrogens is 6. The quantitative estimate of drug-likeness (QED) is 0.175.